The summed E-state index contributed by atoms with van der Waals surface area (Å²) in [6.07, 6.45) is 2.60. The van der Waals surface area contributed by atoms with Crippen molar-refractivity contribution < 1.29 is 14.7 Å². The van der Waals surface area contributed by atoms with Crippen LogP contribution < -0.4 is 5.32 Å². The normalized spacial score (nSPS) is 12.3. The molecular weight excluding hydrogens is 268 g/mol. The first-order valence-corrected chi connectivity index (χ1v) is 7.07. The number of para-hydroxylation sites is 1. The Hall–Kier alpha value is -2.30. The molecule has 1 unspecified atom stereocenters. The van der Waals surface area contributed by atoms with Crippen LogP contribution in [0.3, 0.4) is 0 Å². The molecule has 0 aliphatic heterocycles. The molecule has 1 aromatic heterocycles. The molecular formula is C16H20N2O3. The van der Waals surface area contributed by atoms with Crippen LogP contribution in [0.5, 0.6) is 0 Å². The topological polar surface area (TPSA) is 71.3 Å². The highest BCUT2D eigenvalue weighted by Gasteiger charge is 2.16. The summed E-state index contributed by atoms with van der Waals surface area (Å²) in [6.45, 7) is 2.31. The lowest BCUT2D eigenvalue weighted by atomic mass is 10.0. The van der Waals surface area contributed by atoms with Crippen LogP contribution in [0.15, 0.2) is 30.5 Å². The van der Waals surface area contributed by atoms with Crippen molar-refractivity contribution in [3.63, 3.8) is 0 Å². The molecule has 0 radical (unpaired) electrons. The molecule has 2 rings (SSSR count). The zero-order chi connectivity index (χ0) is 15.4. The van der Waals surface area contributed by atoms with Crippen molar-refractivity contribution in [1.29, 1.82) is 0 Å². The van der Waals surface area contributed by atoms with Gasteiger partial charge in [0.05, 0.1) is 5.56 Å². The number of nitrogens with zero attached hydrogens (tertiary/aromatic N) is 1. The number of carboxylic acids is 1. The van der Waals surface area contributed by atoms with E-state index in [-0.39, 0.29) is 18.2 Å². The van der Waals surface area contributed by atoms with Gasteiger partial charge < -0.3 is 15.0 Å². The van der Waals surface area contributed by atoms with Crippen molar-refractivity contribution >= 4 is 22.8 Å². The molecule has 0 fully saturated rings. The lowest BCUT2D eigenvalue weighted by molar-refractivity contribution is -0.138. The van der Waals surface area contributed by atoms with Gasteiger partial charge in [-0.15, -0.1) is 0 Å². The van der Waals surface area contributed by atoms with Crippen molar-refractivity contribution in [2.24, 2.45) is 13.0 Å². The number of aliphatic carboxylic acids is 1. The summed E-state index contributed by atoms with van der Waals surface area (Å²) in [7, 11) is 1.90. The third-order valence-electron chi connectivity index (χ3n) is 3.73. The van der Waals surface area contributed by atoms with Gasteiger partial charge >= 0.3 is 5.97 Å². The van der Waals surface area contributed by atoms with Crippen molar-refractivity contribution in [1.82, 2.24) is 9.88 Å². The molecule has 0 bridgehead atoms. The van der Waals surface area contributed by atoms with Gasteiger partial charge in [0.1, 0.15) is 0 Å². The fraction of sp³-hybridized carbons (Fsp3) is 0.375. The largest absolute Gasteiger partial charge is 0.481 e. The zero-order valence-electron chi connectivity index (χ0n) is 12.3. The van der Waals surface area contributed by atoms with Crippen LogP contribution >= 0.6 is 0 Å². The van der Waals surface area contributed by atoms with Crippen LogP contribution in [-0.4, -0.2) is 28.1 Å². The SMILES string of the molecule is CCC(CNC(=O)c1cn(C)c2ccccc12)CC(=O)O. The minimum Gasteiger partial charge on any atom is -0.481 e. The van der Waals surface area contributed by atoms with E-state index in [9.17, 15) is 9.59 Å². The quantitative estimate of drug-likeness (QED) is 0.857. The summed E-state index contributed by atoms with van der Waals surface area (Å²) in [5.74, 6) is -1.03. The van der Waals surface area contributed by atoms with Crippen LogP contribution in [0.2, 0.25) is 0 Å². The molecule has 1 atom stereocenters. The van der Waals surface area contributed by atoms with Crippen molar-refractivity contribution in [3.05, 3.63) is 36.0 Å². The fourth-order valence-corrected chi connectivity index (χ4v) is 2.46. The highest BCUT2D eigenvalue weighted by atomic mass is 16.4. The third-order valence-corrected chi connectivity index (χ3v) is 3.73. The highest BCUT2D eigenvalue weighted by Crippen LogP contribution is 2.20. The van der Waals surface area contributed by atoms with Gasteiger partial charge in [-0.2, -0.15) is 0 Å². The van der Waals surface area contributed by atoms with Gasteiger partial charge in [0.2, 0.25) is 0 Å². The Bertz CT molecular complexity index is 661. The molecule has 21 heavy (non-hydrogen) atoms. The van der Waals surface area contributed by atoms with Gasteiger partial charge in [-0.05, 0) is 12.0 Å². The number of benzene rings is 1. The van der Waals surface area contributed by atoms with E-state index in [1.165, 1.54) is 0 Å². The number of carboxylic acid groups (broad SMARTS) is 1. The molecule has 112 valence electrons. The number of amides is 1. The number of fused-ring (bicyclic) bond motifs is 1. The van der Waals surface area contributed by atoms with Crippen molar-refractivity contribution in [2.45, 2.75) is 19.8 Å². The first-order chi connectivity index (χ1) is 10.0. The minimum absolute atomic E-state index is 0.0403. The molecule has 0 saturated heterocycles. The minimum atomic E-state index is -0.832. The Labute approximate surface area is 123 Å². The molecule has 0 aliphatic rings. The van der Waals surface area contributed by atoms with Crippen LogP contribution in [-0.2, 0) is 11.8 Å². The number of aryl methyl sites for hydroxylation is 1. The van der Waals surface area contributed by atoms with Crippen LogP contribution in [0.4, 0.5) is 0 Å². The van der Waals surface area contributed by atoms with Gasteiger partial charge in [-0.25, -0.2) is 0 Å². The molecule has 2 aromatic rings. The maximum absolute atomic E-state index is 12.3. The Morgan fingerprint density at radius 3 is 2.71 bits per heavy atom. The zero-order valence-corrected chi connectivity index (χ0v) is 12.3. The standard InChI is InChI=1S/C16H20N2O3/c1-3-11(8-15(19)20)9-17-16(21)13-10-18(2)14-7-5-4-6-12(13)14/h4-7,10-11H,3,8-9H2,1-2H3,(H,17,21)(H,19,20). The number of aromatic nitrogens is 1. The number of hydrogen-bond donors (Lipinski definition) is 2. The molecule has 1 amide bonds. The number of carbonyl (C=O) groups excluding carboxylic acids is 1. The van der Waals surface area contributed by atoms with Crippen LogP contribution in [0.1, 0.15) is 30.1 Å². The second-order valence-corrected chi connectivity index (χ2v) is 5.25. The first kappa shape index (κ1) is 15.1. The summed E-state index contributed by atoms with van der Waals surface area (Å²) in [5.41, 5.74) is 1.62. The molecule has 0 saturated carbocycles. The van der Waals surface area contributed by atoms with Gasteiger partial charge in [-0.3, -0.25) is 9.59 Å². The average molecular weight is 288 g/mol. The predicted octanol–water partition coefficient (Wildman–Crippen LogP) is 2.41. The summed E-state index contributed by atoms with van der Waals surface area (Å²) < 4.78 is 1.92. The number of rotatable bonds is 6. The lowest BCUT2D eigenvalue weighted by Gasteiger charge is -2.13. The van der Waals surface area contributed by atoms with Crippen LogP contribution in [0.25, 0.3) is 10.9 Å². The van der Waals surface area contributed by atoms with E-state index in [2.05, 4.69) is 5.32 Å². The Morgan fingerprint density at radius 1 is 1.33 bits per heavy atom. The average Bonchev–Trinajstić information content (AvgIpc) is 2.80. The molecule has 0 aliphatic carbocycles. The van der Waals surface area contributed by atoms with E-state index in [0.29, 0.717) is 12.1 Å². The molecule has 0 spiro atoms. The maximum atomic E-state index is 12.3. The van der Waals surface area contributed by atoms with E-state index < -0.39 is 5.97 Å². The monoisotopic (exact) mass is 288 g/mol. The van der Waals surface area contributed by atoms with Gasteiger partial charge in [0.15, 0.2) is 0 Å². The number of nitrogens with one attached hydrogen (secondary N) is 1. The molecule has 5 nitrogen and oxygen atoms in total. The van der Waals surface area contributed by atoms with E-state index in [0.717, 1.165) is 17.3 Å². The molecule has 5 heteroatoms. The maximum Gasteiger partial charge on any atom is 0.303 e. The van der Waals surface area contributed by atoms with Gasteiger partial charge in [0, 0.05) is 37.1 Å². The van der Waals surface area contributed by atoms with Crippen LogP contribution in [0, 0.1) is 5.92 Å². The Morgan fingerprint density at radius 2 is 2.05 bits per heavy atom. The smallest absolute Gasteiger partial charge is 0.303 e. The second-order valence-electron chi connectivity index (χ2n) is 5.25. The highest BCUT2D eigenvalue weighted by molar-refractivity contribution is 6.06. The number of carbonyl (C=O) groups is 2. The fourth-order valence-electron chi connectivity index (χ4n) is 2.46. The van der Waals surface area contributed by atoms with E-state index >= 15 is 0 Å². The third kappa shape index (κ3) is 3.42. The lowest BCUT2D eigenvalue weighted by Crippen LogP contribution is -2.30. The van der Waals surface area contributed by atoms with E-state index in [1.807, 2.05) is 42.8 Å². The first-order valence-electron chi connectivity index (χ1n) is 7.07. The summed E-state index contributed by atoms with van der Waals surface area (Å²) in [4.78, 5) is 23.1. The van der Waals surface area contributed by atoms with E-state index in [1.54, 1.807) is 6.20 Å². The van der Waals surface area contributed by atoms with Crippen molar-refractivity contribution in [2.75, 3.05) is 6.54 Å². The number of hydrogen-bond acceptors (Lipinski definition) is 2. The molecule has 2 N–H and O–H groups in total. The second kappa shape index (κ2) is 6.43. The summed E-state index contributed by atoms with van der Waals surface area (Å²) >= 11 is 0. The molecule has 1 heterocycles. The predicted molar refractivity (Wildman–Crippen MR) is 81.3 cm³/mol. The van der Waals surface area contributed by atoms with Gasteiger partial charge in [-0.1, -0.05) is 31.5 Å². The van der Waals surface area contributed by atoms with Gasteiger partial charge in [0.25, 0.3) is 5.91 Å². The Balaban J connectivity index is 2.10. The van der Waals surface area contributed by atoms with Crippen molar-refractivity contribution in [3.8, 4) is 0 Å². The summed E-state index contributed by atoms with van der Waals surface area (Å²) in [5, 5.41) is 12.6. The summed E-state index contributed by atoms with van der Waals surface area (Å²) in [6, 6.07) is 7.71. The van der Waals surface area contributed by atoms with E-state index in [4.69, 9.17) is 5.11 Å². The Kier molecular flexibility index (Phi) is 4.62. The molecule has 1 aromatic carbocycles.